The van der Waals surface area contributed by atoms with Crippen LogP contribution < -0.4 is 5.32 Å². The van der Waals surface area contributed by atoms with Crippen LogP contribution in [0.2, 0.25) is 0 Å². The highest BCUT2D eigenvalue weighted by molar-refractivity contribution is 5.81. The van der Waals surface area contributed by atoms with Gasteiger partial charge in [-0.2, -0.15) is 0 Å². The number of aliphatic carboxylic acids is 1. The number of benzene rings is 2. The van der Waals surface area contributed by atoms with Gasteiger partial charge in [0.05, 0.1) is 5.92 Å². The zero-order valence-corrected chi connectivity index (χ0v) is 19.8. The van der Waals surface area contributed by atoms with Gasteiger partial charge in [0.25, 0.3) is 0 Å². The Morgan fingerprint density at radius 1 is 0.943 bits per heavy atom. The van der Waals surface area contributed by atoms with Gasteiger partial charge >= 0.3 is 12.1 Å². The third-order valence-electron chi connectivity index (χ3n) is 7.87. The molecular formula is C28H32N2O5. The van der Waals surface area contributed by atoms with Crippen LogP contribution in [-0.2, 0) is 14.3 Å². The van der Waals surface area contributed by atoms with Gasteiger partial charge in [-0.15, -0.1) is 0 Å². The van der Waals surface area contributed by atoms with E-state index in [2.05, 4.69) is 29.6 Å². The van der Waals surface area contributed by atoms with E-state index in [4.69, 9.17) is 9.84 Å². The molecule has 7 heteroatoms. The maximum absolute atomic E-state index is 12.8. The molecule has 0 bridgehead atoms. The van der Waals surface area contributed by atoms with Crippen LogP contribution in [0.3, 0.4) is 0 Å². The first-order valence-corrected chi connectivity index (χ1v) is 12.6. The predicted octanol–water partition coefficient (Wildman–Crippen LogP) is 4.41. The van der Waals surface area contributed by atoms with Crippen molar-refractivity contribution in [2.24, 2.45) is 11.8 Å². The average molecular weight is 477 g/mol. The van der Waals surface area contributed by atoms with Gasteiger partial charge < -0.3 is 20.1 Å². The Kier molecular flexibility index (Phi) is 6.75. The van der Waals surface area contributed by atoms with Crippen LogP contribution in [0.4, 0.5) is 4.79 Å². The van der Waals surface area contributed by atoms with Crippen molar-refractivity contribution in [1.82, 2.24) is 10.2 Å². The quantitative estimate of drug-likeness (QED) is 0.617. The number of hydrogen-bond acceptors (Lipinski definition) is 4. The Bertz CT molecular complexity index is 1060. The van der Waals surface area contributed by atoms with Crippen molar-refractivity contribution < 1.29 is 24.2 Å². The molecule has 3 aliphatic rings. The highest BCUT2D eigenvalue weighted by Gasteiger charge is 2.36. The van der Waals surface area contributed by atoms with Gasteiger partial charge in [0.15, 0.2) is 0 Å². The summed E-state index contributed by atoms with van der Waals surface area (Å²) in [7, 11) is 0. The van der Waals surface area contributed by atoms with Crippen LogP contribution in [-0.4, -0.2) is 53.7 Å². The number of rotatable bonds is 7. The number of carbonyl (C=O) groups excluding carboxylic acids is 2. The molecule has 0 radical (unpaired) electrons. The lowest BCUT2D eigenvalue weighted by atomic mass is 9.81. The van der Waals surface area contributed by atoms with E-state index in [9.17, 15) is 14.4 Å². The fourth-order valence-corrected chi connectivity index (χ4v) is 5.84. The van der Waals surface area contributed by atoms with Crippen LogP contribution in [0.1, 0.15) is 55.6 Å². The smallest absolute Gasteiger partial charge is 0.407 e. The molecule has 2 N–H and O–H groups in total. The molecule has 2 amide bonds. The summed E-state index contributed by atoms with van der Waals surface area (Å²) in [5.74, 6) is -1.01. The number of fused-ring (bicyclic) bond motifs is 3. The van der Waals surface area contributed by atoms with Crippen molar-refractivity contribution >= 4 is 18.0 Å². The first-order chi connectivity index (χ1) is 17.0. The largest absolute Gasteiger partial charge is 0.481 e. The van der Waals surface area contributed by atoms with Gasteiger partial charge in [0.1, 0.15) is 6.61 Å². The van der Waals surface area contributed by atoms with Crippen molar-refractivity contribution in [3.05, 3.63) is 59.7 Å². The summed E-state index contributed by atoms with van der Waals surface area (Å²) in [6, 6.07) is 16.5. The molecule has 1 saturated heterocycles. The molecule has 1 saturated carbocycles. The minimum Gasteiger partial charge on any atom is -0.481 e. The molecule has 2 fully saturated rings. The number of carbonyl (C=O) groups is 3. The number of amides is 2. The molecule has 7 nitrogen and oxygen atoms in total. The van der Waals surface area contributed by atoms with E-state index < -0.39 is 18.0 Å². The van der Waals surface area contributed by atoms with Crippen LogP contribution in [0, 0.1) is 11.8 Å². The maximum atomic E-state index is 12.8. The number of alkyl carbamates (subject to hydrolysis) is 1. The molecule has 2 aromatic carbocycles. The Hall–Kier alpha value is -3.35. The number of nitrogens with zero attached hydrogens (tertiary/aromatic N) is 1. The van der Waals surface area contributed by atoms with Crippen LogP contribution in [0.5, 0.6) is 0 Å². The monoisotopic (exact) mass is 476 g/mol. The molecule has 1 aliphatic heterocycles. The van der Waals surface area contributed by atoms with E-state index in [0.29, 0.717) is 25.9 Å². The normalized spacial score (nSPS) is 21.5. The lowest BCUT2D eigenvalue weighted by Gasteiger charge is -2.37. The SMILES string of the molecule is O=C(NC1CCCCC1CCC(=O)N1CC(C(=O)O)C1)OCC1c2ccccc2-c2ccccc21. The molecule has 1 heterocycles. The minimum atomic E-state index is -0.839. The summed E-state index contributed by atoms with van der Waals surface area (Å²) in [6.07, 6.45) is 4.67. The van der Waals surface area contributed by atoms with Gasteiger partial charge in [0, 0.05) is 31.5 Å². The third kappa shape index (κ3) is 4.90. The van der Waals surface area contributed by atoms with Crippen molar-refractivity contribution in [3.63, 3.8) is 0 Å². The number of carboxylic acid groups (broad SMARTS) is 1. The van der Waals surface area contributed by atoms with E-state index in [1.807, 2.05) is 24.3 Å². The topological polar surface area (TPSA) is 95.9 Å². The molecule has 2 atom stereocenters. The van der Waals surface area contributed by atoms with Crippen molar-refractivity contribution in [3.8, 4) is 11.1 Å². The number of likely N-dealkylation sites (tertiary alicyclic amines) is 1. The average Bonchev–Trinajstić information content (AvgIpc) is 3.15. The van der Waals surface area contributed by atoms with Crippen molar-refractivity contribution in [2.75, 3.05) is 19.7 Å². The second kappa shape index (κ2) is 10.1. The molecule has 0 spiro atoms. The van der Waals surface area contributed by atoms with E-state index in [0.717, 1.165) is 25.7 Å². The number of ether oxygens (including phenoxy) is 1. The van der Waals surface area contributed by atoms with Crippen molar-refractivity contribution in [2.45, 2.75) is 50.5 Å². The van der Waals surface area contributed by atoms with Crippen LogP contribution in [0.25, 0.3) is 11.1 Å². The van der Waals surface area contributed by atoms with Crippen molar-refractivity contribution in [1.29, 1.82) is 0 Å². The predicted molar refractivity (Wildman–Crippen MR) is 131 cm³/mol. The molecule has 35 heavy (non-hydrogen) atoms. The lowest BCUT2D eigenvalue weighted by molar-refractivity contribution is -0.152. The van der Waals surface area contributed by atoms with Crippen LogP contribution in [0.15, 0.2) is 48.5 Å². The van der Waals surface area contributed by atoms with E-state index >= 15 is 0 Å². The Labute approximate surface area is 205 Å². The highest BCUT2D eigenvalue weighted by atomic mass is 16.5. The second-order valence-corrected chi connectivity index (χ2v) is 9.99. The Morgan fingerprint density at radius 3 is 2.23 bits per heavy atom. The first-order valence-electron chi connectivity index (χ1n) is 12.6. The molecule has 184 valence electrons. The fourth-order valence-electron chi connectivity index (χ4n) is 5.84. The van der Waals surface area contributed by atoms with Gasteiger partial charge in [-0.1, -0.05) is 61.4 Å². The zero-order chi connectivity index (χ0) is 24.4. The molecule has 0 aromatic heterocycles. The molecule has 2 aliphatic carbocycles. The molecule has 2 unspecified atom stereocenters. The number of carboxylic acids is 1. The fraction of sp³-hybridized carbons (Fsp3) is 0.464. The van der Waals surface area contributed by atoms with Gasteiger partial charge in [-0.3, -0.25) is 9.59 Å². The van der Waals surface area contributed by atoms with Crippen LogP contribution >= 0.6 is 0 Å². The maximum Gasteiger partial charge on any atom is 0.407 e. The molecular weight excluding hydrogens is 444 g/mol. The number of hydrogen-bond donors (Lipinski definition) is 2. The molecule has 2 aromatic rings. The van der Waals surface area contributed by atoms with Gasteiger partial charge in [-0.05, 0) is 47.4 Å². The van der Waals surface area contributed by atoms with E-state index in [1.54, 1.807) is 4.90 Å². The zero-order valence-electron chi connectivity index (χ0n) is 19.8. The van der Waals surface area contributed by atoms with Gasteiger partial charge in [0.2, 0.25) is 5.91 Å². The molecule has 5 rings (SSSR count). The summed E-state index contributed by atoms with van der Waals surface area (Å²) in [5, 5.41) is 12.1. The number of nitrogens with one attached hydrogen (secondary N) is 1. The Morgan fingerprint density at radius 2 is 1.57 bits per heavy atom. The summed E-state index contributed by atoms with van der Waals surface area (Å²) in [5.41, 5.74) is 4.77. The second-order valence-electron chi connectivity index (χ2n) is 9.99. The third-order valence-corrected chi connectivity index (χ3v) is 7.87. The summed E-state index contributed by atoms with van der Waals surface area (Å²) < 4.78 is 5.73. The standard InChI is InChI=1S/C28H32N2O5/c31-26(30-15-19(16-30)27(32)33)14-13-18-7-1-6-12-25(18)29-28(34)35-17-24-22-10-4-2-8-20(22)21-9-3-5-11-23(21)24/h2-5,8-11,18-19,24-25H,1,6-7,12-17H2,(H,29,34)(H,32,33). The van der Waals surface area contributed by atoms with E-state index in [-0.39, 0.29) is 30.4 Å². The van der Waals surface area contributed by atoms with E-state index in [1.165, 1.54) is 22.3 Å². The lowest BCUT2D eigenvalue weighted by Crippen LogP contribution is -2.53. The highest BCUT2D eigenvalue weighted by Crippen LogP contribution is 2.44. The summed E-state index contributed by atoms with van der Waals surface area (Å²) in [4.78, 5) is 37.8. The minimum absolute atomic E-state index is 0.00430. The summed E-state index contributed by atoms with van der Waals surface area (Å²) >= 11 is 0. The summed E-state index contributed by atoms with van der Waals surface area (Å²) in [6.45, 7) is 0.899. The first kappa shape index (κ1) is 23.4. The Balaban J connectivity index is 1.14. The van der Waals surface area contributed by atoms with Gasteiger partial charge in [-0.25, -0.2) is 4.79 Å².